The molecule has 11 heteroatoms. The van der Waals surface area contributed by atoms with E-state index in [0.717, 1.165) is 19.6 Å². The van der Waals surface area contributed by atoms with Crippen molar-refractivity contribution in [3.8, 4) is 0 Å². The summed E-state index contributed by atoms with van der Waals surface area (Å²) in [6.07, 6.45) is 23.7. The van der Waals surface area contributed by atoms with Crippen molar-refractivity contribution >= 4 is 7.82 Å². The second kappa shape index (κ2) is 15.7. The fourth-order valence-electron chi connectivity index (χ4n) is 2.28. The van der Waals surface area contributed by atoms with Gasteiger partial charge < -0.3 is 19.2 Å². The minimum Gasteiger partial charge on any atom is -0.822 e. The molecule has 32 heavy (non-hydrogen) atoms. The Labute approximate surface area is 189 Å². The largest absolute Gasteiger partial charge is 0.822 e. The van der Waals surface area contributed by atoms with E-state index in [9.17, 15) is 0 Å². The van der Waals surface area contributed by atoms with Crippen molar-refractivity contribution in [3.05, 3.63) is 94.1 Å². The first kappa shape index (κ1) is 29.0. The molecular weight excluding hydrogens is 431 g/mol. The van der Waals surface area contributed by atoms with E-state index < -0.39 is 7.82 Å². The predicted octanol–water partition coefficient (Wildman–Crippen LogP) is -1.33. The van der Waals surface area contributed by atoms with Crippen molar-refractivity contribution in [2.75, 3.05) is 0 Å². The summed E-state index contributed by atoms with van der Waals surface area (Å²) in [7, 11) is 0.610. The van der Waals surface area contributed by atoms with Gasteiger partial charge >= 0.3 is 0 Å². The average molecular weight is 465 g/mol. The Morgan fingerprint density at radius 3 is 1.03 bits per heavy atom. The van der Waals surface area contributed by atoms with E-state index in [2.05, 4.69) is 33.4 Å². The summed E-state index contributed by atoms with van der Waals surface area (Å²) in [5, 5.41) is 0. The number of nitrogens with zero attached hydrogens (tertiary/aromatic N) is 6. The van der Waals surface area contributed by atoms with Crippen LogP contribution in [0.5, 0.6) is 0 Å². The highest BCUT2D eigenvalue weighted by Gasteiger charge is 1.95. The van der Waals surface area contributed by atoms with Crippen LogP contribution in [-0.2, 0) is 45.3 Å². The van der Waals surface area contributed by atoms with E-state index in [4.69, 9.17) is 19.2 Å². The molecule has 3 heterocycles. The van der Waals surface area contributed by atoms with Crippen LogP contribution >= 0.6 is 7.82 Å². The Hall–Kier alpha value is -3.04. The van der Waals surface area contributed by atoms with Crippen LogP contribution in [-0.4, -0.2) is 13.7 Å². The molecule has 0 saturated carbocycles. The van der Waals surface area contributed by atoms with Crippen molar-refractivity contribution in [3.63, 3.8) is 0 Å². The third kappa shape index (κ3) is 16.7. The van der Waals surface area contributed by atoms with Gasteiger partial charge in [-0.15, -0.1) is 0 Å². The number of rotatable bonds is 6. The van der Waals surface area contributed by atoms with Crippen LogP contribution in [0.2, 0.25) is 0 Å². The summed E-state index contributed by atoms with van der Waals surface area (Å²) < 4.78 is 20.7. The van der Waals surface area contributed by atoms with Gasteiger partial charge in [0.2, 0.25) is 19.0 Å². The van der Waals surface area contributed by atoms with Crippen LogP contribution in [0.4, 0.5) is 0 Å². The van der Waals surface area contributed by atoms with Crippen molar-refractivity contribution in [2.24, 2.45) is 21.1 Å². The summed E-state index contributed by atoms with van der Waals surface area (Å²) >= 11 is 0. The molecular formula is C21H33N6O4P. The summed E-state index contributed by atoms with van der Waals surface area (Å²) in [6.45, 7) is 13.6. The zero-order valence-corrected chi connectivity index (χ0v) is 19.8. The van der Waals surface area contributed by atoms with Gasteiger partial charge in [0, 0.05) is 0 Å². The van der Waals surface area contributed by atoms with Crippen LogP contribution in [0.1, 0.15) is 0 Å². The quantitative estimate of drug-likeness (QED) is 0.256. The fourth-order valence-corrected chi connectivity index (χ4v) is 2.28. The summed E-state index contributed by atoms with van der Waals surface area (Å²) in [4.78, 5) is 25.6. The van der Waals surface area contributed by atoms with Crippen LogP contribution in [0, 0.1) is 0 Å². The maximum Gasteiger partial charge on any atom is 0.243 e. The Kier molecular flexibility index (Phi) is 14.2. The van der Waals surface area contributed by atoms with Gasteiger partial charge in [0.05, 0.1) is 21.1 Å². The second-order valence-corrected chi connectivity index (χ2v) is 7.54. The second-order valence-electron chi connectivity index (χ2n) is 6.64. The molecule has 3 rings (SSSR count). The lowest BCUT2D eigenvalue weighted by atomic mass is 10.6. The molecule has 0 spiro atoms. The molecule has 0 fully saturated rings. The first-order valence-corrected chi connectivity index (χ1v) is 11.0. The Bertz CT molecular complexity index is 868. The molecule has 0 atom stereocenters. The number of aryl methyl sites for hydroxylation is 3. The third-order valence-corrected chi connectivity index (χ3v) is 3.49. The first-order valence-electron chi connectivity index (χ1n) is 9.57. The fraction of sp³-hybridized carbons (Fsp3) is 0.286. The lowest BCUT2D eigenvalue weighted by molar-refractivity contribution is -0.671. The molecule has 0 radical (unpaired) electrons. The normalized spacial score (nSPS) is 9.81. The van der Waals surface area contributed by atoms with Crippen LogP contribution in [0.25, 0.3) is 0 Å². The minimum atomic E-state index is -5.39. The van der Waals surface area contributed by atoms with E-state index in [1.54, 1.807) is 0 Å². The lowest BCUT2D eigenvalue weighted by Crippen LogP contribution is -2.24. The van der Waals surface area contributed by atoms with Crippen molar-refractivity contribution in [1.29, 1.82) is 0 Å². The maximum absolute atomic E-state index is 8.55. The van der Waals surface area contributed by atoms with E-state index in [1.165, 1.54) is 0 Å². The molecule has 0 aliphatic rings. The topological polar surface area (TPSA) is 113 Å². The standard InChI is InChI=1S/3C7H11N2.H3O4P/c3*1-3-4-9-6-5-8(2)7-9;1-5(2,3)4/h3*3,5-7H,1,4H2,2H3;(H3,1,2,3,4)/q3*+1;/p-3. The summed E-state index contributed by atoms with van der Waals surface area (Å²) in [6, 6.07) is 0. The number of hydrogen-bond donors (Lipinski definition) is 0. The Morgan fingerprint density at radius 1 is 0.688 bits per heavy atom. The van der Waals surface area contributed by atoms with Crippen LogP contribution < -0.4 is 28.4 Å². The molecule has 0 saturated heterocycles. The molecule has 3 aromatic rings. The van der Waals surface area contributed by atoms with Crippen molar-refractivity contribution in [1.82, 2.24) is 13.7 Å². The van der Waals surface area contributed by atoms with Gasteiger partial charge in [0.1, 0.15) is 56.8 Å². The third-order valence-electron chi connectivity index (χ3n) is 3.49. The monoisotopic (exact) mass is 464 g/mol. The van der Waals surface area contributed by atoms with E-state index in [1.807, 2.05) is 109 Å². The van der Waals surface area contributed by atoms with Crippen molar-refractivity contribution in [2.45, 2.75) is 19.6 Å². The van der Waals surface area contributed by atoms with Crippen LogP contribution in [0.15, 0.2) is 94.1 Å². The van der Waals surface area contributed by atoms with Crippen molar-refractivity contribution < 1.29 is 32.9 Å². The highest BCUT2D eigenvalue weighted by atomic mass is 31.2. The Balaban J connectivity index is 0.000000410. The Morgan fingerprint density at radius 2 is 0.906 bits per heavy atom. The van der Waals surface area contributed by atoms with Gasteiger partial charge in [0.15, 0.2) is 0 Å². The minimum absolute atomic E-state index is 0.890. The number of phosphoric acid groups is 1. The maximum atomic E-state index is 8.55. The zero-order chi connectivity index (χ0) is 24.6. The molecule has 0 unspecified atom stereocenters. The first-order chi connectivity index (χ1) is 15.0. The van der Waals surface area contributed by atoms with Gasteiger partial charge in [-0.25, -0.2) is 27.4 Å². The average Bonchev–Trinajstić information content (AvgIpc) is 3.39. The number of allylic oxidation sites excluding steroid dienone is 3. The van der Waals surface area contributed by atoms with E-state index in [-0.39, 0.29) is 0 Å². The van der Waals surface area contributed by atoms with E-state index in [0.29, 0.717) is 0 Å². The van der Waals surface area contributed by atoms with Gasteiger partial charge in [0.25, 0.3) is 0 Å². The smallest absolute Gasteiger partial charge is 0.243 e. The number of aromatic nitrogens is 6. The van der Waals surface area contributed by atoms with Gasteiger partial charge in [-0.3, -0.25) is 0 Å². The summed E-state index contributed by atoms with van der Waals surface area (Å²) in [5.41, 5.74) is 0. The summed E-state index contributed by atoms with van der Waals surface area (Å²) in [5.74, 6) is 0. The molecule has 0 aliphatic carbocycles. The van der Waals surface area contributed by atoms with Crippen LogP contribution in [0.3, 0.4) is 0 Å². The highest BCUT2D eigenvalue weighted by Crippen LogP contribution is 2.03. The number of imidazole rings is 3. The molecule has 10 nitrogen and oxygen atoms in total. The highest BCUT2D eigenvalue weighted by molar-refractivity contribution is 7.40. The predicted molar refractivity (Wildman–Crippen MR) is 115 cm³/mol. The molecule has 176 valence electrons. The molecule has 3 aromatic heterocycles. The SMILES string of the molecule is C=CCn1cc[n+](C)c1.C=CCn1cc[n+](C)c1.C=CCn1cc[n+](C)c1.O=P([O-])([O-])[O-]. The van der Waals surface area contributed by atoms with Gasteiger partial charge in [-0.2, -0.15) is 7.82 Å². The van der Waals surface area contributed by atoms with Gasteiger partial charge in [-0.1, -0.05) is 38.0 Å². The molecule has 0 bridgehead atoms. The number of hydrogen-bond acceptors (Lipinski definition) is 4. The molecule has 0 N–H and O–H groups in total. The zero-order valence-electron chi connectivity index (χ0n) is 18.9. The molecule has 0 aliphatic heterocycles. The molecule has 0 aromatic carbocycles. The van der Waals surface area contributed by atoms with Gasteiger partial charge in [-0.05, 0) is 0 Å². The molecule has 0 amide bonds. The lowest BCUT2D eigenvalue weighted by Gasteiger charge is -2.36. The van der Waals surface area contributed by atoms with E-state index >= 15 is 0 Å².